The minimum atomic E-state index is -0.742. The van der Waals surface area contributed by atoms with Crippen molar-refractivity contribution in [3.8, 4) is 0 Å². The molecule has 32 heavy (non-hydrogen) atoms. The van der Waals surface area contributed by atoms with E-state index in [1.54, 1.807) is 18.2 Å². The highest BCUT2D eigenvalue weighted by Gasteiger charge is 2.65. The standard InChI is InChI=1S/C26H25ClN2O3/c1-14-9-10-16(27)13-18(14)29-24(31)19-20(25(29)32)22(23(30)26(2,3)4)28-12-11-15-7-5-6-8-17(15)21(19)28/h5-13,19-22H,1-4H3. The number of rotatable bonds is 2. The summed E-state index contributed by atoms with van der Waals surface area (Å²) in [4.78, 5) is 44.5. The third kappa shape index (κ3) is 2.87. The lowest BCUT2D eigenvalue weighted by molar-refractivity contribution is -0.135. The van der Waals surface area contributed by atoms with Crippen molar-refractivity contribution < 1.29 is 14.4 Å². The van der Waals surface area contributed by atoms with Gasteiger partial charge in [0.1, 0.15) is 6.04 Å². The summed E-state index contributed by atoms with van der Waals surface area (Å²) in [7, 11) is 0. The van der Waals surface area contributed by atoms with Gasteiger partial charge >= 0.3 is 0 Å². The first-order valence-electron chi connectivity index (χ1n) is 10.8. The number of benzene rings is 2. The molecule has 5 rings (SSSR count). The van der Waals surface area contributed by atoms with Gasteiger partial charge in [-0.2, -0.15) is 0 Å². The number of Topliss-reactive ketones (excluding diaryl/α,β-unsaturated/α-hetero) is 1. The van der Waals surface area contributed by atoms with Crippen LogP contribution in [0, 0.1) is 24.2 Å². The number of fused-ring (bicyclic) bond motifs is 5. The van der Waals surface area contributed by atoms with Gasteiger partial charge < -0.3 is 4.90 Å². The molecule has 2 saturated heterocycles. The van der Waals surface area contributed by atoms with Crippen LogP contribution in [0.4, 0.5) is 5.69 Å². The Bertz CT molecular complexity index is 1200. The Balaban J connectivity index is 1.69. The largest absolute Gasteiger partial charge is 0.359 e. The molecule has 3 heterocycles. The van der Waals surface area contributed by atoms with Crippen LogP contribution in [0.5, 0.6) is 0 Å². The smallest absolute Gasteiger partial charge is 0.240 e. The first-order chi connectivity index (χ1) is 15.1. The fourth-order valence-corrected chi connectivity index (χ4v) is 5.53. The van der Waals surface area contributed by atoms with Crippen LogP contribution >= 0.6 is 11.6 Å². The van der Waals surface area contributed by atoms with E-state index in [1.807, 2.05) is 69.1 Å². The molecule has 3 aliphatic heterocycles. The van der Waals surface area contributed by atoms with E-state index >= 15 is 0 Å². The topological polar surface area (TPSA) is 57.7 Å². The van der Waals surface area contributed by atoms with Crippen molar-refractivity contribution in [3.63, 3.8) is 0 Å². The van der Waals surface area contributed by atoms with Crippen LogP contribution < -0.4 is 4.90 Å². The maximum absolute atomic E-state index is 13.8. The van der Waals surface area contributed by atoms with Gasteiger partial charge in [0, 0.05) is 16.6 Å². The van der Waals surface area contributed by atoms with Crippen LogP contribution in [-0.2, 0) is 14.4 Å². The number of carbonyl (C=O) groups is 3. The van der Waals surface area contributed by atoms with E-state index in [4.69, 9.17) is 11.6 Å². The summed E-state index contributed by atoms with van der Waals surface area (Å²) in [5.74, 6) is -2.01. The molecule has 0 aliphatic carbocycles. The van der Waals surface area contributed by atoms with Gasteiger partial charge in [-0.3, -0.25) is 14.4 Å². The number of ketones is 1. The van der Waals surface area contributed by atoms with E-state index in [9.17, 15) is 14.4 Å². The number of anilines is 1. The van der Waals surface area contributed by atoms with Crippen LogP contribution in [0.15, 0.2) is 48.7 Å². The van der Waals surface area contributed by atoms with Crippen molar-refractivity contribution >= 4 is 41.0 Å². The Hall–Kier alpha value is -2.92. The number of halogens is 1. The highest BCUT2D eigenvalue weighted by Crippen LogP contribution is 2.54. The Morgan fingerprint density at radius 1 is 1.00 bits per heavy atom. The monoisotopic (exact) mass is 448 g/mol. The zero-order valence-corrected chi connectivity index (χ0v) is 19.3. The van der Waals surface area contributed by atoms with E-state index in [0.717, 1.165) is 16.7 Å². The van der Waals surface area contributed by atoms with Gasteiger partial charge in [-0.25, -0.2) is 4.90 Å². The molecule has 0 bridgehead atoms. The van der Waals surface area contributed by atoms with Gasteiger partial charge in [-0.15, -0.1) is 0 Å². The van der Waals surface area contributed by atoms with E-state index in [0.29, 0.717) is 10.7 Å². The lowest BCUT2D eigenvalue weighted by Gasteiger charge is -2.37. The van der Waals surface area contributed by atoms with Crippen molar-refractivity contribution in [1.29, 1.82) is 0 Å². The number of hydrogen-bond acceptors (Lipinski definition) is 4. The lowest BCUT2D eigenvalue weighted by Crippen LogP contribution is -2.47. The summed E-state index contributed by atoms with van der Waals surface area (Å²) >= 11 is 6.21. The zero-order chi connectivity index (χ0) is 22.9. The molecule has 0 spiro atoms. The number of amides is 2. The molecule has 6 heteroatoms. The Labute approximate surface area is 192 Å². The molecule has 2 fully saturated rings. The van der Waals surface area contributed by atoms with Crippen LogP contribution in [0.2, 0.25) is 5.02 Å². The van der Waals surface area contributed by atoms with Crippen molar-refractivity contribution in [2.75, 3.05) is 4.90 Å². The maximum Gasteiger partial charge on any atom is 0.240 e. The second-order valence-corrected chi connectivity index (χ2v) is 10.3. The van der Waals surface area contributed by atoms with Crippen LogP contribution in [0.25, 0.3) is 6.08 Å². The minimum Gasteiger partial charge on any atom is -0.359 e. The fraction of sp³-hybridized carbons (Fsp3) is 0.346. The highest BCUT2D eigenvalue weighted by atomic mass is 35.5. The molecule has 2 aromatic rings. The fourth-order valence-electron chi connectivity index (χ4n) is 5.36. The number of carbonyl (C=O) groups excluding carboxylic acids is 3. The molecular formula is C26H25ClN2O3. The summed E-state index contributed by atoms with van der Waals surface area (Å²) in [6.07, 6.45) is 3.85. The molecule has 5 nitrogen and oxygen atoms in total. The lowest BCUT2D eigenvalue weighted by atomic mass is 9.79. The second kappa shape index (κ2) is 7.04. The van der Waals surface area contributed by atoms with Crippen LogP contribution in [0.1, 0.15) is 43.5 Å². The quantitative estimate of drug-likeness (QED) is 0.620. The zero-order valence-electron chi connectivity index (χ0n) is 18.5. The van der Waals surface area contributed by atoms with Crippen LogP contribution in [-0.4, -0.2) is 28.5 Å². The molecule has 0 saturated carbocycles. The van der Waals surface area contributed by atoms with E-state index in [-0.39, 0.29) is 23.6 Å². The van der Waals surface area contributed by atoms with E-state index in [2.05, 4.69) is 0 Å². The summed E-state index contributed by atoms with van der Waals surface area (Å²) in [6, 6.07) is 12.0. The van der Waals surface area contributed by atoms with Crippen molar-refractivity contribution in [2.24, 2.45) is 17.3 Å². The second-order valence-electron chi connectivity index (χ2n) is 9.89. The number of imide groups is 1. The maximum atomic E-state index is 13.8. The average molecular weight is 449 g/mol. The normalized spacial score (nSPS) is 26.3. The summed E-state index contributed by atoms with van der Waals surface area (Å²) in [6.45, 7) is 7.43. The van der Waals surface area contributed by atoms with Crippen molar-refractivity contribution in [2.45, 2.75) is 39.8 Å². The Morgan fingerprint density at radius 3 is 2.41 bits per heavy atom. The van der Waals surface area contributed by atoms with Gasteiger partial charge in [-0.1, -0.05) is 62.7 Å². The Kier molecular flexibility index (Phi) is 4.61. The average Bonchev–Trinajstić information content (AvgIpc) is 3.21. The third-order valence-electron chi connectivity index (χ3n) is 6.88. The van der Waals surface area contributed by atoms with Gasteiger partial charge in [0.2, 0.25) is 11.8 Å². The first kappa shape index (κ1) is 21.0. The SMILES string of the molecule is Cc1ccc(Cl)cc1N1C(=O)C2C(C1=O)C1c3ccccc3C=CN1C2C(=O)C(C)(C)C. The molecule has 3 aliphatic rings. The number of hydrogen-bond donors (Lipinski definition) is 0. The summed E-state index contributed by atoms with van der Waals surface area (Å²) < 4.78 is 0. The summed E-state index contributed by atoms with van der Waals surface area (Å²) in [5.41, 5.74) is 2.61. The third-order valence-corrected chi connectivity index (χ3v) is 7.12. The summed E-state index contributed by atoms with van der Waals surface area (Å²) in [5, 5.41) is 0.457. The predicted molar refractivity (Wildman–Crippen MR) is 124 cm³/mol. The highest BCUT2D eigenvalue weighted by molar-refractivity contribution is 6.31. The first-order valence-corrected chi connectivity index (χ1v) is 11.2. The molecule has 2 amide bonds. The predicted octanol–water partition coefficient (Wildman–Crippen LogP) is 4.78. The van der Waals surface area contributed by atoms with Crippen molar-refractivity contribution in [1.82, 2.24) is 4.90 Å². The van der Waals surface area contributed by atoms with Crippen molar-refractivity contribution in [3.05, 3.63) is 70.4 Å². The molecular weight excluding hydrogens is 424 g/mol. The Morgan fingerprint density at radius 2 is 1.69 bits per heavy atom. The van der Waals surface area contributed by atoms with Gasteiger partial charge in [0.05, 0.1) is 23.6 Å². The number of nitrogens with zero attached hydrogens (tertiary/aromatic N) is 2. The molecule has 0 radical (unpaired) electrons. The molecule has 164 valence electrons. The van der Waals surface area contributed by atoms with E-state index < -0.39 is 23.3 Å². The van der Waals surface area contributed by atoms with Gasteiger partial charge in [0.25, 0.3) is 0 Å². The van der Waals surface area contributed by atoms with Gasteiger partial charge in [0.15, 0.2) is 5.78 Å². The number of aryl methyl sites for hydroxylation is 1. The van der Waals surface area contributed by atoms with E-state index in [1.165, 1.54) is 4.90 Å². The molecule has 0 aromatic heterocycles. The van der Waals surface area contributed by atoms with Gasteiger partial charge in [-0.05, 0) is 41.8 Å². The minimum absolute atomic E-state index is 0.0372. The molecule has 4 unspecified atom stereocenters. The molecule has 0 N–H and O–H groups in total. The van der Waals surface area contributed by atoms with Crippen LogP contribution in [0.3, 0.4) is 0 Å². The molecule has 4 atom stereocenters. The molecule has 2 aromatic carbocycles.